The molecular formula is C15H11N3O5S3. The molecule has 3 heterocycles. The van der Waals surface area contributed by atoms with Gasteiger partial charge in [0.05, 0.1) is 15.1 Å². The van der Waals surface area contributed by atoms with Gasteiger partial charge >= 0.3 is 5.97 Å². The number of hydrogen-bond donors (Lipinski definition) is 2. The van der Waals surface area contributed by atoms with Gasteiger partial charge in [0.25, 0.3) is 5.69 Å². The van der Waals surface area contributed by atoms with Crippen molar-refractivity contribution < 1.29 is 19.2 Å². The molecular weight excluding hydrogens is 398 g/mol. The molecule has 1 aliphatic heterocycles. The highest BCUT2D eigenvalue weighted by Gasteiger charge is 2.32. The molecule has 2 N–H and O–H groups in total. The standard InChI is InChI=1S/C15H11N3O5S3/c19-14(20)9-6-24-13(16-9)10-3-4-12(23-10)26-15-17-8-2-1-7(18(21)22)5-11(8)25-15/h1-5,9,13,16H,6H2,(H,19,20)/t9-,13+/m1/s1. The molecule has 0 aliphatic carbocycles. The van der Waals surface area contributed by atoms with Crippen LogP contribution in [0.4, 0.5) is 5.69 Å². The molecule has 4 rings (SSSR count). The van der Waals surface area contributed by atoms with Crippen LogP contribution in [0.3, 0.4) is 0 Å². The normalized spacial score (nSPS) is 19.8. The van der Waals surface area contributed by atoms with Gasteiger partial charge in [0.15, 0.2) is 9.43 Å². The summed E-state index contributed by atoms with van der Waals surface area (Å²) in [6, 6.07) is 7.62. The molecule has 0 amide bonds. The number of thiazole rings is 1. The molecule has 0 radical (unpaired) electrons. The molecule has 134 valence electrons. The number of nitrogens with one attached hydrogen (secondary N) is 1. The van der Waals surface area contributed by atoms with E-state index in [1.807, 2.05) is 12.1 Å². The van der Waals surface area contributed by atoms with E-state index in [1.165, 1.54) is 47.0 Å². The van der Waals surface area contributed by atoms with E-state index in [4.69, 9.17) is 9.52 Å². The van der Waals surface area contributed by atoms with E-state index in [1.54, 1.807) is 6.07 Å². The highest BCUT2D eigenvalue weighted by molar-refractivity contribution is 8.01. The molecule has 2 atom stereocenters. The number of furan rings is 1. The van der Waals surface area contributed by atoms with Crippen molar-refractivity contribution in [3.63, 3.8) is 0 Å². The fourth-order valence-electron chi connectivity index (χ4n) is 2.44. The third kappa shape index (κ3) is 3.43. The van der Waals surface area contributed by atoms with Crippen LogP contribution >= 0.6 is 34.9 Å². The van der Waals surface area contributed by atoms with Crippen LogP contribution in [0.5, 0.6) is 0 Å². The lowest BCUT2D eigenvalue weighted by Crippen LogP contribution is -2.33. The van der Waals surface area contributed by atoms with Crippen LogP contribution in [0.2, 0.25) is 0 Å². The van der Waals surface area contributed by atoms with Gasteiger partial charge in [-0.1, -0.05) is 0 Å². The number of nitrogens with zero attached hydrogens (tertiary/aromatic N) is 2. The SMILES string of the molecule is O=C(O)[C@H]1CS[C@@H](c2ccc(Sc3nc4ccc([N+](=O)[O-])cc4s3)o2)N1. The van der Waals surface area contributed by atoms with Gasteiger partial charge in [0.2, 0.25) is 0 Å². The third-order valence-electron chi connectivity index (χ3n) is 3.69. The monoisotopic (exact) mass is 409 g/mol. The largest absolute Gasteiger partial charge is 0.480 e. The smallest absolute Gasteiger partial charge is 0.321 e. The molecule has 8 nitrogen and oxygen atoms in total. The lowest BCUT2D eigenvalue weighted by Gasteiger charge is -2.07. The Labute approximate surface area is 159 Å². The Morgan fingerprint density at radius 3 is 3.00 bits per heavy atom. The Bertz CT molecular complexity index is 1000. The number of thioether (sulfide) groups is 1. The van der Waals surface area contributed by atoms with Crippen molar-refractivity contribution in [1.29, 1.82) is 0 Å². The number of nitro groups is 1. The maximum Gasteiger partial charge on any atom is 0.321 e. The fraction of sp³-hybridized carbons (Fsp3) is 0.200. The van der Waals surface area contributed by atoms with Crippen molar-refractivity contribution in [2.45, 2.75) is 20.8 Å². The fourth-order valence-corrected chi connectivity index (χ4v) is 5.62. The van der Waals surface area contributed by atoms with Crippen molar-refractivity contribution in [3.05, 3.63) is 46.2 Å². The minimum absolute atomic E-state index is 0.0373. The number of nitro benzene ring substituents is 1. The van der Waals surface area contributed by atoms with E-state index in [2.05, 4.69) is 10.3 Å². The molecule has 0 bridgehead atoms. The van der Waals surface area contributed by atoms with Gasteiger partial charge in [-0.2, -0.15) is 0 Å². The second kappa shape index (κ2) is 6.91. The summed E-state index contributed by atoms with van der Waals surface area (Å²) in [6.07, 6.45) is 0. The summed E-state index contributed by atoms with van der Waals surface area (Å²) in [5, 5.41) is 23.4. The second-order valence-corrected chi connectivity index (χ2v) is 8.84. The molecule has 1 fully saturated rings. The Hall–Kier alpha value is -2.08. The second-order valence-electron chi connectivity index (χ2n) is 5.42. The predicted octanol–water partition coefficient (Wildman–Crippen LogP) is 3.74. The number of non-ortho nitro benzene ring substituents is 1. The zero-order valence-corrected chi connectivity index (χ0v) is 15.4. The van der Waals surface area contributed by atoms with Crippen LogP contribution in [0.25, 0.3) is 10.2 Å². The molecule has 26 heavy (non-hydrogen) atoms. The molecule has 3 aromatic rings. The number of carboxylic acid groups (broad SMARTS) is 1. The first-order valence-corrected chi connectivity index (χ1v) is 10.1. The number of aliphatic carboxylic acids is 1. The number of aromatic nitrogens is 1. The highest BCUT2D eigenvalue weighted by Crippen LogP contribution is 2.39. The summed E-state index contributed by atoms with van der Waals surface area (Å²) in [4.78, 5) is 25.9. The van der Waals surface area contributed by atoms with Gasteiger partial charge in [-0.3, -0.25) is 20.2 Å². The van der Waals surface area contributed by atoms with Gasteiger partial charge in [-0.25, -0.2) is 4.98 Å². The maximum absolute atomic E-state index is 11.0. The van der Waals surface area contributed by atoms with Crippen molar-refractivity contribution in [2.75, 3.05) is 5.75 Å². The van der Waals surface area contributed by atoms with Crippen LogP contribution in [-0.2, 0) is 4.79 Å². The van der Waals surface area contributed by atoms with Crippen molar-refractivity contribution in [1.82, 2.24) is 10.3 Å². The molecule has 0 spiro atoms. The Balaban J connectivity index is 1.50. The molecule has 11 heteroatoms. The molecule has 0 unspecified atom stereocenters. The van der Waals surface area contributed by atoms with Crippen LogP contribution in [-0.4, -0.2) is 32.8 Å². The third-order valence-corrected chi connectivity index (χ3v) is 6.92. The lowest BCUT2D eigenvalue weighted by molar-refractivity contribution is -0.384. The summed E-state index contributed by atoms with van der Waals surface area (Å²) in [6.45, 7) is 0. The molecule has 0 saturated carbocycles. The van der Waals surface area contributed by atoms with E-state index >= 15 is 0 Å². The molecule has 1 saturated heterocycles. The average molecular weight is 409 g/mol. The van der Waals surface area contributed by atoms with Gasteiger partial charge in [0.1, 0.15) is 17.2 Å². The molecule has 2 aromatic heterocycles. The first-order chi connectivity index (χ1) is 12.5. The van der Waals surface area contributed by atoms with Gasteiger partial charge < -0.3 is 9.52 Å². The first-order valence-electron chi connectivity index (χ1n) is 7.42. The van der Waals surface area contributed by atoms with Crippen molar-refractivity contribution >= 4 is 56.7 Å². The predicted molar refractivity (Wildman–Crippen MR) is 98.9 cm³/mol. The minimum Gasteiger partial charge on any atom is -0.480 e. The van der Waals surface area contributed by atoms with Gasteiger partial charge in [0, 0.05) is 17.9 Å². The lowest BCUT2D eigenvalue weighted by atomic mass is 10.3. The van der Waals surface area contributed by atoms with E-state index in [0.29, 0.717) is 22.1 Å². The zero-order valence-electron chi connectivity index (χ0n) is 12.9. The van der Waals surface area contributed by atoms with E-state index in [0.717, 1.165) is 9.04 Å². The molecule has 1 aromatic carbocycles. The first kappa shape index (κ1) is 17.3. The average Bonchev–Trinajstić information content (AvgIpc) is 3.32. The summed E-state index contributed by atoms with van der Waals surface area (Å²) in [5.41, 5.74) is 0.738. The number of rotatable bonds is 5. The van der Waals surface area contributed by atoms with Gasteiger partial charge in [-0.05, 0) is 30.0 Å². The number of hydrogen-bond acceptors (Lipinski definition) is 9. The van der Waals surface area contributed by atoms with Crippen LogP contribution < -0.4 is 5.32 Å². The van der Waals surface area contributed by atoms with Gasteiger partial charge in [-0.15, -0.1) is 23.1 Å². The number of carbonyl (C=O) groups is 1. The van der Waals surface area contributed by atoms with Crippen LogP contribution in [0.1, 0.15) is 11.1 Å². The Morgan fingerprint density at radius 2 is 2.27 bits per heavy atom. The van der Waals surface area contributed by atoms with Crippen molar-refractivity contribution in [3.8, 4) is 0 Å². The van der Waals surface area contributed by atoms with E-state index in [-0.39, 0.29) is 11.1 Å². The Morgan fingerprint density at radius 1 is 1.42 bits per heavy atom. The number of benzene rings is 1. The summed E-state index contributed by atoms with van der Waals surface area (Å²) < 4.78 is 7.26. The summed E-state index contributed by atoms with van der Waals surface area (Å²) >= 11 is 4.18. The van der Waals surface area contributed by atoms with E-state index in [9.17, 15) is 14.9 Å². The highest BCUT2D eigenvalue weighted by atomic mass is 32.2. The minimum atomic E-state index is -0.871. The quantitative estimate of drug-likeness (QED) is 0.480. The number of carboxylic acids is 1. The zero-order chi connectivity index (χ0) is 18.3. The Kier molecular flexibility index (Phi) is 4.61. The van der Waals surface area contributed by atoms with Crippen molar-refractivity contribution in [2.24, 2.45) is 0 Å². The summed E-state index contributed by atoms with van der Waals surface area (Å²) in [5.74, 6) is 0.280. The summed E-state index contributed by atoms with van der Waals surface area (Å²) in [7, 11) is 0. The topological polar surface area (TPSA) is 118 Å². The maximum atomic E-state index is 11.0. The van der Waals surface area contributed by atoms with Crippen LogP contribution in [0.15, 0.2) is 44.2 Å². The number of fused-ring (bicyclic) bond motifs is 1. The van der Waals surface area contributed by atoms with Crippen LogP contribution in [0, 0.1) is 10.1 Å². The van der Waals surface area contributed by atoms with E-state index < -0.39 is 16.9 Å². The molecule has 1 aliphatic rings.